The summed E-state index contributed by atoms with van der Waals surface area (Å²) in [5.41, 5.74) is 4.77. The van der Waals surface area contributed by atoms with E-state index in [-0.39, 0.29) is 24.3 Å². The molecule has 7 heteroatoms. The van der Waals surface area contributed by atoms with Crippen LogP contribution in [0.15, 0.2) is 37.7 Å². The van der Waals surface area contributed by atoms with Crippen LogP contribution in [0.4, 0.5) is 11.4 Å². The van der Waals surface area contributed by atoms with E-state index >= 15 is 0 Å². The Morgan fingerprint density at radius 1 is 1.42 bits per heavy atom. The van der Waals surface area contributed by atoms with E-state index in [0.29, 0.717) is 0 Å². The van der Waals surface area contributed by atoms with Crippen molar-refractivity contribution in [2.45, 2.75) is 0 Å². The van der Waals surface area contributed by atoms with Crippen LogP contribution in [-0.4, -0.2) is 33.8 Å². The minimum absolute atomic E-state index is 0.145. The zero-order chi connectivity index (χ0) is 14.4. The van der Waals surface area contributed by atoms with Crippen molar-refractivity contribution in [3.05, 3.63) is 53.4 Å². The normalized spacial score (nSPS) is 9.68. The first-order valence-electron chi connectivity index (χ1n) is 5.41. The number of carbonyl (C=O) groups is 1. The van der Waals surface area contributed by atoms with Crippen LogP contribution < -0.4 is 5.73 Å². The van der Waals surface area contributed by atoms with Gasteiger partial charge in [0.05, 0.1) is 11.1 Å². The van der Waals surface area contributed by atoms with E-state index in [1.54, 1.807) is 0 Å². The first kappa shape index (κ1) is 14.4. The standard InChI is InChI=1S/C12H14N4O3/c1-3-5-15(6-4-2)12(17)9-7-14-8-10(13)11(9)16(18)19/h3-4,7-8H,1-2,5-6,13H2. The third-order valence-electron chi connectivity index (χ3n) is 2.34. The molecule has 2 N–H and O–H groups in total. The van der Waals surface area contributed by atoms with Crippen molar-refractivity contribution >= 4 is 17.3 Å². The average molecular weight is 262 g/mol. The highest BCUT2D eigenvalue weighted by atomic mass is 16.6. The number of pyridine rings is 1. The van der Waals surface area contributed by atoms with E-state index in [1.807, 2.05) is 0 Å². The molecule has 0 aromatic carbocycles. The largest absolute Gasteiger partial charge is 0.392 e. The minimum atomic E-state index is -0.690. The average Bonchev–Trinajstić information content (AvgIpc) is 2.37. The molecule has 1 rings (SSSR count). The number of nitrogen functional groups attached to an aromatic ring is 1. The Kier molecular flexibility index (Phi) is 4.76. The summed E-state index contributed by atoms with van der Waals surface area (Å²) in [4.78, 5) is 27.6. The summed E-state index contributed by atoms with van der Waals surface area (Å²) in [6.45, 7) is 7.56. The Balaban J connectivity index is 3.24. The van der Waals surface area contributed by atoms with Crippen LogP contribution in [0.5, 0.6) is 0 Å². The van der Waals surface area contributed by atoms with Gasteiger partial charge in [-0.25, -0.2) is 0 Å². The van der Waals surface area contributed by atoms with Crippen LogP contribution in [0.25, 0.3) is 0 Å². The van der Waals surface area contributed by atoms with Crippen molar-refractivity contribution < 1.29 is 9.72 Å². The SMILES string of the molecule is C=CCN(CC=C)C(=O)c1cncc(N)c1[N+](=O)[O-]. The molecule has 0 unspecified atom stereocenters. The quantitative estimate of drug-likeness (QED) is 0.474. The number of aromatic nitrogens is 1. The van der Waals surface area contributed by atoms with E-state index < -0.39 is 16.5 Å². The highest BCUT2D eigenvalue weighted by Gasteiger charge is 2.26. The molecule has 0 atom stereocenters. The number of nitrogens with zero attached hydrogens (tertiary/aromatic N) is 3. The van der Waals surface area contributed by atoms with Crippen LogP contribution >= 0.6 is 0 Å². The Bertz CT molecular complexity index is 518. The predicted molar refractivity (Wildman–Crippen MR) is 71.6 cm³/mol. The molecule has 100 valence electrons. The van der Waals surface area contributed by atoms with Crippen LogP contribution in [0.2, 0.25) is 0 Å². The number of anilines is 1. The first-order chi connectivity index (χ1) is 9.02. The van der Waals surface area contributed by atoms with Crippen molar-refractivity contribution in [3.8, 4) is 0 Å². The Morgan fingerprint density at radius 3 is 2.47 bits per heavy atom. The van der Waals surface area contributed by atoms with Crippen LogP contribution in [-0.2, 0) is 0 Å². The van der Waals surface area contributed by atoms with Gasteiger partial charge in [0.2, 0.25) is 0 Å². The highest BCUT2D eigenvalue weighted by molar-refractivity contribution is 5.99. The summed E-state index contributed by atoms with van der Waals surface area (Å²) < 4.78 is 0. The molecule has 0 spiro atoms. The van der Waals surface area contributed by atoms with Gasteiger partial charge in [0.25, 0.3) is 5.91 Å². The lowest BCUT2D eigenvalue weighted by Gasteiger charge is -2.19. The topological polar surface area (TPSA) is 102 Å². The summed E-state index contributed by atoms with van der Waals surface area (Å²) in [5.74, 6) is -0.536. The van der Waals surface area contributed by atoms with Gasteiger partial charge in [-0.1, -0.05) is 12.2 Å². The third-order valence-corrected chi connectivity index (χ3v) is 2.34. The molecule has 0 saturated heterocycles. The lowest BCUT2D eigenvalue weighted by Crippen LogP contribution is -2.32. The monoisotopic (exact) mass is 262 g/mol. The number of nitrogens with two attached hydrogens (primary N) is 1. The fourth-order valence-corrected chi connectivity index (χ4v) is 1.55. The van der Waals surface area contributed by atoms with E-state index in [1.165, 1.54) is 17.1 Å². The molecule has 0 saturated carbocycles. The summed E-state index contributed by atoms with van der Waals surface area (Å²) >= 11 is 0. The number of amides is 1. The number of nitro groups is 1. The molecule has 0 aliphatic heterocycles. The van der Waals surface area contributed by atoms with Crippen molar-refractivity contribution in [3.63, 3.8) is 0 Å². The second-order valence-corrected chi connectivity index (χ2v) is 3.67. The summed E-state index contributed by atoms with van der Waals surface area (Å²) in [7, 11) is 0. The van der Waals surface area contributed by atoms with Gasteiger partial charge in [0.15, 0.2) is 0 Å². The zero-order valence-electron chi connectivity index (χ0n) is 10.3. The maximum absolute atomic E-state index is 12.2. The molecular formula is C12H14N4O3. The summed E-state index contributed by atoms with van der Waals surface area (Å²) in [6.07, 6.45) is 5.32. The zero-order valence-corrected chi connectivity index (χ0v) is 10.3. The number of rotatable bonds is 6. The number of hydrogen-bond donors (Lipinski definition) is 1. The number of hydrogen-bond acceptors (Lipinski definition) is 5. The minimum Gasteiger partial charge on any atom is -0.392 e. The van der Waals surface area contributed by atoms with Gasteiger partial charge in [0.1, 0.15) is 11.3 Å². The van der Waals surface area contributed by atoms with E-state index in [2.05, 4.69) is 18.1 Å². The molecule has 1 amide bonds. The lowest BCUT2D eigenvalue weighted by molar-refractivity contribution is -0.384. The molecular weight excluding hydrogens is 248 g/mol. The van der Waals surface area contributed by atoms with Gasteiger partial charge in [-0.05, 0) is 0 Å². The molecule has 0 aliphatic carbocycles. The van der Waals surface area contributed by atoms with Crippen LogP contribution in [0.1, 0.15) is 10.4 Å². The maximum atomic E-state index is 12.2. The number of carbonyl (C=O) groups excluding carboxylic acids is 1. The van der Waals surface area contributed by atoms with Gasteiger partial charge < -0.3 is 10.6 Å². The molecule has 1 heterocycles. The van der Waals surface area contributed by atoms with Gasteiger partial charge in [-0.3, -0.25) is 19.9 Å². The summed E-state index contributed by atoms with van der Waals surface area (Å²) in [6, 6.07) is 0. The summed E-state index contributed by atoms with van der Waals surface area (Å²) in [5, 5.41) is 11.0. The predicted octanol–water partition coefficient (Wildman–Crippen LogP) is 1.39. The van der Waals surface area contributed by atoms with E-state index in [4.69, 9.17) is 5.73 Å². The van der Waals surface area contributed by atoms with Gasteiger partial charge >= 0.3 is 5.69 Å². The fourth-order valence-electron chi connectivity index (χ4n) is 1.55. The Labute approximate surface area is 110 Å². The van der Waals surface area contributed by atoms with Crippen LogP contribution in [0.3, 0.4) is 0 Å². The van der Waals surface area contributed by atoms with E-state index in [0.717, 1.165) is 12.4 Å². The second kappa shape index (κ2) is 6.29. The van der Waals surface area contributed by atoms with E-state index in [9.17, 15) is 14.9 Å². The molecule has 0 fully saturated rings. The molecule has 0 radical (unpaired) electrons. The molecule has 1 aromatic rings. The molecule has 7 nitrogen and oxygen atoms in total. The van der Waals surface area contributed by atoms with Crippen molar-refractivity contribution in [2.24, 2.45) is 0 Å². The Hall–Kier alpha value is -2.70. The smallest absolute Gasteiger partial charge is 0.307 e. The fraction of sp³-hybridized carbons (Fsp3) is 0.167. The third kappa shape index (κ3) is 3.15. The molecule has 0 aliphatic rings. The van der Waals surface area contributed by atoms with Crippen molar-refractivity contribution in [1.82, 2.24) is 9.88 Å². The molecule has 0 bridgehead atoms. The Morgan fingerprint density at radius 2 is 2.00 bits per heavy atom. The maximum Gasteiger partial charge on any atom is 0.307 e. The van der Waals surface area contributed by atoms with Gasteiger partial charge in [0, 0.05) is 19.3 Å². The van der Waals surface area contributed by atoms with Crippen LogP contribution in [0, 0.1) is 10.1 Å². The molecule has 19 heavy (non-hydrogen) atoms. The first-order valence-corrected chi connectivity index (χ1v) is 5.41. The highest BCUT2D eigenvalue weighted by Crippen LogP contribution is 2.25. The molecule has 1 aromatic heterocycles. The van der Waals surface area contributed by atoms with Crippen molar-refractivity contribution in [1.29, 1.82) is 0 Å². The van der Waals surface area contributed by atoms with Gasteiger partial charge in [-0.2, -0.15) is 0 Å². The van der Waals surface area contributed by atoms with Gasteiger partial charge in [-0.15, -0.1) is 13.2 Å². The lowest BCUT2D eigenvalue weighted by atomic mass is 10.2. The van der Waals surface area contributed by atoms with Crippen molar-refractivity contribution in [2.75, 3.05) is 18.8 Å². The second-order valence-electron chi connectivity index (χ2n) is 3.67.